The second-order valence-corrected chi connectivity index (χ2v) is 5.63. The molecule has 2 rings (SSSR count). The van der Waals surface area contributed by atoms with Crippen LogP contribution >= 0.6 is 11.3 Å². The minimum atomic E-state index is -0.618. The molecule has 1 N–H and O–H groups in total. The third-order valence-electron chi connectivity index (χ3n) is 3.76. The molecule has 16 heavy (non-hydrogen) atoms. The predicted molar refractivity (Wildman–Crippen MR) is 65.8 cm³/mol. The smallest absolute Gasteiger partial charge is 0.307 e. The Labute approximate surface area is 100 Å². The van der Waals surface area contributed by atoms with Crippen LogP contribution in [0.4, 0.5) is 0 Å². The number of carboxylic acids is 1. The van der Waals surface area contributed by atoms with Gasteiger partial charge in [-0.3, -0.25) is 4.79 Å². The van der Waals surface area contributed by atoms with Gasteiger partial charge in [0, 0.05) is 10.8 Å². The summed E-state index contributed by atoms with van der Waals surface area (Å²) in [7, 11) is 0. The molecule has 1 aliphatic rings. The number of carboxylic acid groups (broad SMARTS) is 1. The van der Waals surface area contributed by atoms with Crippen LogP contribution in [0.3, 0.4) is 0 Å². The zero-order chi connectivity index (χ0) is 11.5. The average Bonchev–Trinajstić information content (AvgIpc) is 2.81. The van der Waals surface area contributed by atoms with Crippen molar-refractivity contribution in [2.24, 2.45) is 11.8 Å². The van der Waals surface area contributed by atoms with Crippen molar-refractivity contribution in [1.82, 2.24) is 0 Å². The molecule has 1 fully saturated rings. The molecule has 3 heteroatoms. The highest BCUT2D eigenvalue weighted by Gasteiger charge is 2.35. The van der Waals surface area contributed by atoms with E-state index in [1.165, 1.54) is 11.3 Å². The molecule has 1 heterocycles. The van der Waals surface area contributed by atoms with E-state index in [1.54, 1.807) is 11.3 Å². The molecular formula is C13H18O2S. The van der Waals surface area contributed by atoms with Crippen LogP contribution in [0, 0.1) is 11.8 Å². The van der Waals surface area contributed by atoms with Crippen molar-refractivity contribution >= 4 is 17.3 Å². The van der Waals surface area contributed by atoms with E-state index in [2.05, 4.69) is 13.0 Å². The maximum atomic E-state index is 11.3. The van der Waals surface area contributed by atoms with Crippen molar-refractivity contribution in [3.63, 3.8) is 0 Å². The van der Waals surface area contributed by atoms with Crippen LogP contribution in [-0.2, 0) is 4.79 Å². The normalized spacial score (nSPS) is 30.2. The maximum Gasteiger partial charge on any atom is 0.307 e. The Hall–Kier alpha value is -0.830. The number of hydrogen-bond acceptors (Lipinski definition) is 2. The molecule has 0 spiro atoms. The molecule has 0 saturated heterocycles. The zero-order valence-corrected chi connectivity index (χ0v) is 10.4. The van der Waals surface area contributed by atoms with Gasteiger partial charge in [0.05, 0.1) is 5.92 Å². The lowest BCUT2D eigenvalue weighted by molar-refractivity contribution is -0.143. The zero-order valence-electron chi connectivity index (χ0n) is 9.56. The summed E-state index contributed by atoms with van der Waals surface area (Å²) in [6, 6.07) is 4.11. The Morgan fingerprint density at radius 2 is 2.38 bits per heavy atom. The minimum absolute atomic E-state index is 0.165. The van der Waals surface area contributed by atoms with Crippen LogP contribution in [0.25, 0.3) is 0 Å². The monoisotopic (exact) mass is 238 g/mol. The molecule has 3 atom stereocenters. The Morgan fingerprint density at radius 1 is 1.56 bits per heavy atom. The van der Waals surface area contributed by atoms with Crippen LogP contribution in [0.15, 0.2) is 17.5 Å². The summed E-state index contributed by atoms with van der Waals surface area (Å²) in [5, 5.41) is 11.3. The van der Waals surface area contributed by atoms with Crippen LogP contribution in [0.5, 0.6) is 0 Å². The topological polar surface area (TPSA) is 37.3 Å². The lowest BCUT2D eigenvalue weighted by Crippen LogP contribution is -2.28. The van der Waals surface area contributed by atoms with Gasteiger partial charge in [-0.15, -0.1) is 11.3 Å². The predicted octanol–water partition coefficient (Wildman–Crippen LogP) is 3.74. The molecule has 3 unspecified atom stereocenters. The number of rotatable bonds is 3. The van der Waals surface area contributed by atoms with Crippen molar-refractivity contribution in [2.75, 3.05) is 0 Å². The molecule has 2 nitrogen and oxygen atoms in total. The fourth-order valence-electron chi connectivity index (χ4n) is 2.74. The van der Waals surface area contributed by atoms with Crippen LogP contribution in [0.1, 0.15) is 43.4 Å². The van der Waals surface area contributed by atoms with Gasteiger partial charge in [-0.1, -0.05) is 19.4 Å². The van der Waals surface area contributed by atoms with E-state index in [0.717, 1.165) is 19.3 Å². The fourth-order valence-corrected chi connectivity index (χ4v) is 3.65. The van der Waals surface area contributed by atoms with Crippen molar-refractivity contribution in [1.29, 1.82) is 0 Å². The SMILES string of the molecule is CCC1CCC(C(=O)O)C(c2cccs2)C1. The van der Waals surface area contributed by atoms with E-state index >= 15 is 0 Å². The summed E-state index contributed by atoms with van der Waals surface area (Å²) >= 11 is 1.70. The van der Waals surface area contributed by atoms with E-state index in [9.17, 15) is 9.90 Å². The van der Waals surface area contributed by atoms with Crippen molar-refractivity contribution in [3.8, 4) is 0 Å². The number of thiophene rings is 1. The van der Waals surface area contributed by atoms with Gasteiger partial charge in [-0.05, 0) is 36.6 Å². The average molecular weight is 238 g/mol. The Kier molecular flexibility index (Phi) is 3.64. The first kappa shape index (κ1) is 11.6. The molecule has 0 amide bonds. The summed E-state index contributed by atoms with van der Waals surface area (Å²) in [6.07, 6.45) is 4.15. The first-order chi connectivity index (χ1) is 7.72. The second kappa shape index (κ2) is 5.00. The van der Waals surface area contributed by atoms with Gasteiger partial charge in [-0.2, -0.15) is 0 Å². The largest absolute Gasteiger partial charge is 0.481 e. The van der Waals surface area contributed by atoms with E-state index in [1.807, 2.05) is 11.4 Å². The first-order valence-electron chi connectivity index (χ1n) is 5.98. The van der Waals surface area contributed by atoms with Gasteiger partial charge in [0.2, 0.25) is 0 Å². The first-order valence-corrected chi connectivity index (χ1v) is 6.86. The number of aliphatic carboxylic acids is 1. The molecule has 1 saturated carbocycles. The van der Waals surface area contributed by atoms with Gasteiger partial charge in [-0.25, -0.2) is 0 Å². The molecule has 1 aromatic heterocycles. The quantitative estimate of drug-likeness (QED) is 0.871. The number of hydrogen-bond donors (Lipinski definition) is 1. The summed E-state index contributed by atoms with van der Waals surface area (Å²) in [6.45, 7) is 2.21. The molecule has 1 aliphatic carbocycles. The van der Waals surface area contributed by atoms with Crippen molar-refractivity contribution in [3.05, 3.63) is 22.4 Å². The van der Waals surface area contributed by atoms with E-state index in [0.29, 0.717) is 5.92 Å². The highest BCUT2D eigenvalue weighted by molar-refractivity contribution is 7.10. The third-order valence-corrected chi connectivity index (χ3v) is 4.77. The van der Waals surface area contributed by atoms with Crippen LogP contribution < -0.4 is 0 Å². The third kappa shape index (κ3) is 2.29. The second-order valence-electron chi connectivity index (χ2n) is 4.65. The Balaban J connectivity index is 2.18. The van der Waals surface area contributed by atoms with Gasteiger partial charge in [0.25, 0.3) is 0 Å². The highest BCUT2D eigenvalue weighted by atomic mass is 32.1. The highest BCUT2D eigenvalue weighted by Crippen LogP contribution is 2.43. The summed E-state index contributed by atoms with van der Waals surface area (Å²) in [5.41, 5.74) is 0. The minimum Gasteiger partial charge on any atom is -0.481 e. The maximum absolute atomic E-state index is 11.3. The molecule has 0 bridgehead atoms. The summed E-state index contributed by atoms with van der Waals surface area (Å²) < 4.78 is 0. The van der Waals surface area contributed by atoms with Gasteiger partial charge < -0.3 is 5.11 Å². The standard InChI is InChI=1S/C13H18O2S/c1-2-9-5-6-10(13(14)15)11(8-9)12-4-3-7-16-12/h3-4,7,9-11H,2,5-6,8H2,1H3,(H,14,15). The molecule has 0 radical (unpaired) electrons. The lowest BCUT2D eigenvalue weighted by Gasteiger charge is -2.33. The Bertz CT molecular complexity index is 345. The molecule has 0 aromatic carbocycles. The van der Waals surface area contributed by atoms with Crippen LogP contribution in [-0.4, -0.2) is 11.1 Å². The number of carbonyl (C=O) groups is 1. The Morgan fingerprint density at radius 3 is 2.94 bits per heavy atom. The summed E-state index contributed by atoms with van der Waals surface area (Å²) in [5.74, 6) is 0.174. The van der Waals surface area contributed by atoms with Gasteiger partial charge in [0.1, 0.15) is 0 Å². The lowest BCUT2D eigenvalue weighted by atomic mass is 9.72. The van der Waals surface area contributed by atoms with E-state index in [-0.39, 0.29) is 11.8 Å². The van der Waals surface area contributed by atoms with Gasteiger partial charge >= 0.3 is 5.97 Å². The summed E-state index contributed by atoms with van der Waals surface area (Å²) in [4.78, 5) is 12.5. The van der Waals surface area contributed by atoms with Gasteiger partial charge in [0.15, 0.2) is 0 Å². The molecule has 0 aliphatic heterocycles. The van der Waals surface area contributed by atoms with Crippen LogP contribution in [0.2, 0.25) is 0 Å². The molecular weight excluding hydrogens is 220 g/mol. The van der Waals surface area contributed by atoms with Crippen molar-refractivity contribution in [2.45, 2.75) is 38.5 Å². The van der Waals surface area contributed by atoms with E-state index < -0.39 is 5.97 Å². The van der Waals surface area contributed by atoms with E-state index in [4.69, 9.17) is 0 Å². The molecule has 1 aromatic rings. The molecule has 88 valence electrons. The fraction of sp³-hybridized carbons (Fsp3) is 0.615. The van der Waals surface area contributed by atoms with Crippen molar-refractivity contribution < 1.29 is 9.90 Å².